The van der Waals surface area contributed by atoms with Crippen LogP contribution in [0.5, 0.6) is 0 Å². The van der Waals surface area contributed by atoms with Crippen molar-refractivity contribution in [3.63, 3.8) is 0 Å². The minimum Gasteiger partial charge on any atom is -0.469 e. The molecule has 0 aromatic heterocycles. The van der Waals surface area contributed by atoms with Crippen molar-refractivity contribution >= 4 is 40.9 Å². The standard InChI is InChI=1S/C16H16Cl2O5/c1-16(2)14(20)10(7-12(19)22-3)13(23-15(16)21)9-5-4-8(17)6-11(9)18/h4-6,10,13H,7H2,1-3H3/t10-,13-/m0/s1. The van der Waals surface area contributed by atoms with Gasteiger partial charge in [0.25, 0.3) is 0 Å². The predicted octanol–water partition coefficient (Wildman–Crippen LogP) is 3.37. The van der Waals surface area contributed by atoms with Crippen LogP contribution in [0.15, 0.2) is 18.2 Å². The fourth-order valence-electron chi connectivity index (χ4n) is 2.52. The summed E-state index contributed by atoms with van der Waals surface area (Å²) in [5, 5.41) is 0.676. The number of carbonyl (C=O) groups is 3. The van der Waals surface area contributed by atoms with Crippen LogP contribution < -0.4 is 0 Å². The second-order valence-corrected chi connectivity index (χ2v) is 6.71. The number of carbonyl (C=O) groups excluding carboxylic acids is 3. The molecule has 1 aliphatic rings. The average Bonchev–Trinajstić information content (AvgIpc) is 2.48. The first-order valence-electron chi connectivity index (χ1n) is 6.95. The third-order valence-corrected chi connectivity index (χ3v) is 4.51. The molecule has 2 rings (SSSR count). The summed E-state index contributed by atoms with van der Waals surface area (Å²) < 4.78 is 10.1. The van der Waals surface area contributed by atoms with Gasteiger partial charge in [0, 0.05) is 15.6 Å². The van der Waals surface area contributed by atoms with Gasteiger partial charge >= 0.3 is 11.9 Å². The van der Waals surface area contributed by atoms with Gasteiger partial charge in [0.05, 0.1) is 19.4 Å². The molecule has 0 radical (unpaired) electrons. The third kappa shape index (κ3) is 3.35. The van der Waals surface area contributed by atoms with Crippen LogP contribution in [0.2, 0.25) is 10.0 Å². The summed E-state index contributed by atoms with van der Waals surface area (Å²) in [5.74, 6) is -2.46. The number of ketones is 1. The minimum atomic E-state index is -1.33. The van der Waals surface area contributed by atoms with E-state index >= 15 is 0 Å². The molecule has 7 heteroatoms. The van der Waals surface area contributed by atoms with E-state index in [4.69, 9.17) is 27.9 Å². The Morgan fingerprint density at radius 1 is 1.30 bits per heavy atom. The topological polar surface area (TPSA) is 69.7 Å². The molecular weight excluding hydrogens is 343 g/mol. The first kappa shape index (κ1) is 17.8. The zero-order chi connectivity index (χ0) is 17.4. The van der Waals surface area contributed by atoms with Crippen molar-refractivity contribution in [1.82, 2.24) is 0 Å². The number of esters is 2. The zero-order valence-corrected chi connectivity index (χ0v) is 14.4. The molecule has 1 heterocycles. The van der Waals surface area contributed by atoms with Gasteiger partial charge in [0.2, 0.25) is 0 Å². The molecule has 0 bridgehead atoms. The Kier molecular flexibility index (Phi) is 5.01. The lowest BCUT2D eigenvalue weighted by atomic mass is 9.74. The number of Topliss-reactive ketones (excluding diaryl/α,β-unsaturated/α-hetero) is 1. The Morgan fingerprint density at radius 2 is 1.96 bits per heavy atom. The van der Waals surface area contributed by atoms with Crippen molar-refractivity contribution in [2.45, 2.75) is 26.4 Å². The summed E-state index contributed by atoms with van der Waals surface area (Å²) in [7, 11) is 1.23. The molecule has 5 nitrogen and oxygen atoms in total. The lowest BCUT2D eigenvalue weighted by Gasteiger charge is -2.38. The molecule has 1 aromatic carbocycles. The Bertz CT molecular complexity index is 668. The quantitative estimate of drug-likeness (QED) is 0.611. The maximum atomic E-state index is 12.7. The zero-order valence-electron chi connectivity index (χ0n) is 12.9. The molecule has 1 fully saturated rings. The highest BCUT2D eigenvalue weighted by molar-refractivity contribution is 6.35. The van der Waals surface area contributed by atoms with Crippen molar-refractivity contribution < 1.29 is 23.9 Å². The van der Waals surface area contributed by atoms with Gasteiger partial charge in [0.15, 0.2) is 5.78 Å². The van der Waals surface area contributed by atoms with Crippen LogP contribution in [-0.2, 0) is 23.9 Å². The fraction of sp³-hybridized carbons (Fsp3) is 0.438. The molecule has 1 aromatic rings. The second-order valence-electron chi connectivity index (χ2n) is 5.87. The summed E-state index contributed by atoms with van der Waals surface area (Å²) in [4.78, 5) is 36.5. The highest BCUT2D eigenvalue weighted by Crippen LogP contribution is 2.43. The van der Waals surface area contributed by atoms with E-state index in [0.29, 0.717) is 10.6 Å². The maximum Gasteiger partial charge on any atom is 0.319 e. The van der Waals surface area contributed by atoms with Crippen molar-refractivity contribution in [2.75, 3.05) is 7.11 Å². The van der Waals surface area contributed by atoms with Crippen molar-refractivity contribution in [3.8, 4) is 0 Å². The number of rotatable bonds is 3. The number of ether oxygens (including phenoxy) is 2. The first-order valence-corrected chi connectivity index (χ1v) is 7.71. The molecule has 23 heavy (non-hydrogen) atoms. The Morgan fingerprint density at radius 3 is 2.52 bits per heavy atom. The molecular formula is C16H16Cl2O5. The smallest absolute Gasteiger partial charge is 0.319 e. The second kappa shape index (κ2) is 6.49. The normalized spacial score (nSPS) is 23.3. The SMILES string of the molecule is COC(=O)C[C@@H]1C(=O)C(C)(C)C(=O)O[C@H]1c1ccc(Cl)cc1Cl. The number of methoxy groups -OCH3 is 1. The number of hydrogen-bond acceptors (Lipinski definition) is 5. The van der Waals surface area contributed by atoms with Crippen LogP contribution in [0.3, 0.4) is 0 Å². The van der Waals surface area contributed by atoms with Gasteiger partial charge in [-0.15, -0.1) is 0 Å². The highest BCUT2D eigenvalue weighted by atomic mass is 35.5. The summed E-state index contributed by atoms with van der Waals surface area (Å²) in [6.07, 6.45) is -1.15. The van der Waals surface area contributed by atoms with E-state index < -0.39 is 29.4 Å². The Labute approximate surface area is 143 Å². The van der Waals surface area contributed by atoms with E-state index in [1.54, 1.807) is 12.1 Å². The number of cyclic esters (lactones) is 1. The van der Waals surface area contributed by atoms with Crippen LogP contribution in [0, 0.1) is 11.3 Å². The fourth-order valence-corrected chi connectivity index (χ4v) is 3.04. The summed E-state index contributed by atoms with van der Waals surface area (Å²) in [6, 6.07) is 4.65. The van der Waals surface area contributed by atoms with Gasteiger partial charge in [-0.05, 0) is 26.0 Å². The molecule has 1 saturated heterocycles. The summed E-state index contributed by atoms with van der Waals surface area (Å²) >= 11 is 12.0. The Balaban J connectivity index is 2.47. The van der Waals surface area contributed by atoms with E-state index in [0.717, 1.165) is 0 Å². The molecule has 0 aliphatic carbocycles. The molecule has 0 saturated carbocycles. The van der Waals surface area contributed by atoms with Gasteiger partial charge in [-0.2, -0.15) is 0 Å². The van der Waals surface area contributed by atoms with Gasteiger partial charge in [-0.1, -0.05) is 29.3 Å². The first-order chi connectivity index (χ1) is 10.7. The molecule has 0 N–H and O–H groups in total. The molecule has 0 spiro atoms. The van der Waals surface area contributed by atoms with E-state index in [1.807, 2.05) is 0 Å². The maximum absolute atomic E-state index is 12.7. The van der Waals surface area contributed by atoms with E-state index in [1.165, 1.54) is 27.0 Å². The van der Waals surface area contributed by atoms with E-state index in [9.17, 15) is 14.4 Å². The van der Waals surface area contributed by atoms with E-state index in [2.05, 4.69) is 4.74 Å². The molecule has 0 amide bonds. The highest BCUT2D eigenvalue weighted by Gasteiger charge is 2.52. The van der Waals surface area contributed by atoms with Gasteiger partial charge < -0.3 is 9.47 Å². The largest absolute Gasteiger partial charge is 0.469 e. The van der Waals surface area contributed by atoms with E-state index in [-0.39, 0.29) is 17.2 Å². The lowest BCUT2D eigenvalue weighted by Crippen LogP contribution is -2.48. The van der Waals surface area contributed by atoms with Crippen LogP contribution in [0.25, 0.3) is 0 Å². The minimum absolute atomic E-state index is 0.199. The summed E-state index contributed by atoms with van der Waals surface area (Å²) in [6.45, 7) is 2.95. The number of halogens is 2. The monoisotopic (exact) mass is 358 g/mol. The molecule has 2 atom stereocenters. The molecule has 124 valence electrons. The van der Waals surface area contributed by atoms with Gasteiger partial charge in [-0.25, -0.2) is 0 Å². The van der Waals surface area contributed by atoms with Gasteiger partial charge in [0.1, 0.15) is 11.5 Å². The van der Waals surface area contributed by atoms with Crippen LogP contribution in [-0.4, -0.2) is 24.8 Å². The Hall–Kier alpha value is -1.59. The predicted molar refractivity (Wildman–Crippen MR) is 84.2 cm³/mol. The van der Waals surface area contributed by atoms with Crippen LogP contribution in [0.4, 0.5) is 0 Å². The van der Waals surface area contributed by atoms with Gasteiger partial charge in [-0.3, -0.25) is 14.4 Å². The van der Waals surface area contributed by atoms with Crippen molar-refractivity contribution in [3.05, 3.63) is 33.8 Å². The van der Waals surface area contributed by atoms with Crippen LogP contribution >= 0.6 is 23.2 Å². The molecule has 0 unspecified atom stereocenters. The molecule has 1 aliphatic heterocycles. The van der Waals surface area contributed by atoms with Crippen molar-refractivity contribution in [1.29, 1.82) is 0 Å². The number of hydrogen-bond donors (Lipinski definition) is 0. The average molecular weight is 359 g/mol. The number of benzene rings is 1. The third-order valence-electron chi connectivity index (χ3n) is 3.95. The lowest BCUT2D eigenvalue weighted by molar-refractivity contribution is -0.181. The van der Waals surface area contributed by atoms with Crippen LogP contribution in [0.1, 0.15) is 31.9 Å². The summed E-state index contributed by atoms with van der Waals surface area (Å²) in [5.41, 5.74) is -0.893. The van der Waals surface area contributed by atoms with Crippen molar-refractivity contribution in [2.24, 2.45) is 11.3 Å².